The number of hydrogen-bond donors (Lipinski definition) is 0. The van der Waals surface area contributed by atoms with Crippen LogP contribution in [0.1, 0.15) is 33.4 Å². The predicted molar refractivity (Wildman–Crippen MR) is 249 cm³/mol. The molecule has 0 bridgehead atoms. The molecule has 3 aliphatic carbocycles. The minimum atomic E-state index is -2.07. The Morgan fingerprint density at radius 1 is 0.230 bits per heavy atom. The molecule has 0 saturated heterocycles. The van der Waals surface area contributed by atoms with E-state index in [4.69, 9.17) is 13.6 Å². The number of fused-ring (bicyclic) bond motifs is 9. The van der Waals surface area contributed by atoms with Crippen molar-refractivity contribution < 1.29 is 13.6 Å². The topological polar surface area (TPSA) is 27.7 Å². The molecule has 0 heterocycles. The SMILES string of the molecule is c1ccc2c(c1)Cc1c-2cccc1-c1ccccc1OP(Oc1ccccc1-c1cccc2c1Cc1ccccc1-2)Oc1ccccc1-c1cccc2c1Cc1ccccc1-2. The monoisotopic (exact) mass is 802 g/mol. The van der Waals surface area contributed by atoms with Crippen molar-refractivity contribution in [2.75, 3.05) is 0 Å². The van der Waals surface area contributed by atoms with Crippen LogP contribution in [0.5, 0.6) is 17.2 Å². The van der Waals surface area contributed by atoms with Crippen molar-refractivity contribution >= 4 is 8.60 Å². The highest BCUT2D eigenvalue weighted by atomic mass is 31.2. The van der Waals surface area contributed by atoms with Gasteiger partial charge in [0.05, 0.1) is 0 Å². The molecule has 0 fully saturated rings. The Kier molecular flexibility index (Phi) is 8.68. The summed E-state index contributed by atoms with van der Waals surface area (Å²) >= 11 is 0. The first-order valence-electron chi connectivity index (χ1n) is 21.0. The maximum Gasteiger partial charge on any atom is 0.530 e. The van der Waals surface area contributed by atoms with Gasteiger partial charge in [0, 0.05) is 16.7 Å². The first-order valence-corrected chi connectivity index (χ1v) is 22.1. The average Bonchev–Trinajstić information content (AvgIpc) is 4.01. The third kappa shape index (κ3) is 6.16. The molecule has 0 atom stereocenters. The average molecular weight is 803 g/mol. The van der Waals surface area contributed by atoms with Gasteiger partial charge in [-0.1, -0.05) is 182 Å². The zero-order chi connectivity index (χ0) is 40.3. The number of hydrogen-bond acceptors (Lipinski definition) is 3. The molecule has 61 heavy (non-hydrogen) atoms. The summed E-state index contributed by atoms with van der Waals surface area (Å²) in [6.45, 7) is 0. The van der Waals surface area contributed by atoms with Crippen molar-refractivity contribution in [1.82, 2.24) is 0 Å². The van der Waals surface area contributed by atoms with Crippen molar-refractivity contribution in [3.63, 3.8) is 0 Å². The first kappa shape index (κ1) is 35.7. The van der Waals surface area contributed by atoms with E-state index in [0.29, 0.717) is 17.2 Å². The van der Waals surface area contributed by atoms with Crippen LogP contribution in [0, 0.1) is 0 Å². The third-order valence-corrected chi connectivity index (χ3v) is 13.6. The molecule has 0 N–H and O–H groups in total. The van der Waals surface area contributed by atoms with E-state index in [1.54, 1.807) is 0 Å². The molecule has 0 amide bonds. The first-order chi connectivity index (χ1) is 30.2. The second-order valence-electron chi connectivity index (χ2n) is 16.0. The molecular weight excluding hydrogens is 764 g/mol. The molecule has 0 saturated carbocycles. The lowest BCUT2D eigenvalue weighted by molar-refractivity contribution is 0.390. The minimum Gasteiger partial charge on any atom is -0.408 e. The van der Waals surface area contributed by atoms with Crippen molar-refractivity contribution in [3.8, 4) is 84.0 Å². The molecule has 0 unspecified atom stereocenters. The van der Waals surface area contributed by atoms with Gasteiger partial charge in [-0.2, -0.15) is 0 Å². The summed E-state index contributed by atoms with van der Waals surface area (Å²) in [5.74, 6) is 2.13. The molecule has 290 valence electrons. The summed E-state index contributed by atoms with van der Waals surface area (Å²) in [5, 5.41) is 0. The van der Waals surface area contributed by atoms with Crippen LogP contribution in [-0.4, -0.2) is 0 Å². The van der Waals surface area contributed by atoms with Crippen molar-refractivity contribution in [3.05, 3.63) is 234 Å². The number of para-hydroxylation sites is 3. The summed E-state index contributed by atoms with van der Waals surface area (Å²) in [6, 6.07) is 70.9. The molecular formula is C57H39O3P. The zero-order valence-electron chi connectivity index (χ0n) is 33.3. The van der Waals surface area contributed by atoms with E-state index < -0.39 is 8.60 Å². The summed E-state index contributed by atoms with van der Waals surface area (Å²) in [5.41, 5.74) is 22.1. The molecule has 0 radical (unpaired) electrons. The Bertz CT molecular complexity index is 2840. The quantitative estimate of drug-likeness (QED) is 0.136. The van der Waals surface area contributed by atoms with E-state index >= 15 is 0 Å². The fraction of sp³-hybridized carbons (Fsp3) is 0.0526. The van der Waals surface area contributed by atoms with Gasteiger partial charge in [-0.15, -0.1) is 0 Å². The molecule has 0 spiro atoms. The Labute approximate surface area is 357 Å². The largest absolute Gasteiger partial charge is 0.530 e. The smallest absolute Gasteiger partial charge is 0.408 e. The van der Waals surface area contributed by atoms with E-state index in [1.807, 2.05) is 36.4 Å². The fourth-order valence-corrected chi connectivity index (χ4v) is 10.9. The highest BCUT2D eigenvalue weighted by Crippen LogP contribution is 2.52. The third-order valence-electron chi connectivity index (χ3n) is 12.6. The maximum atomic E-state index is 7.13. The summed E-state index contributed by atoms with van der Waals surface area (Å²) in [7, 11) is -2.07. The standard InChI is InChI=1S/C57H39O3P/c1-4-19-40-37(16-1)34-52-43(40)25-13-28-46(52)49-22-7-10-31-55(49)58-61(59-56-32-11-8-23-50(56)47-29-14-26-44-41-20-5-2-17-38(41)35-53(44)47)60-57-33-12-9-24-51(57)48-30-15-27-45-42-21-6-3-18-39(42)36-54(45)48/h1-33H,34-36H2. The Morgan fingerprint density at radius 2 is 0.459 bits per heavy atom. The molecule has 12 rings (SSSR count). The van der Waals surface area contributed by atoms with Gasteiger partial charge < -0.3 is 13.6 Å². The maximum absolute atomic E-state index is 7.13. The van der Waals surface area contributed by atoms with Crippen LogP contribution in [0.25, 0.3) is 66.8 Å². The van der Waals surface area contributed by atoms with Gasteiger partial charge in [-0.05, 0) is 121 Å². The van der Waals surface area contributed by atoms with Crippen LogP contribution in [0.4, 0.5) is 0 Å². The summed E-state index contributed by atoms with van der Waals surface area (Å²) in [4.78, 5) is 0. The lowest BCUT2D eigenvalue weighted by atomic mass is 9.95. The van der Waals surface area contributed by atoms with E-state index in [0.717, 1.165) is 52.6 Å². The van der Waals surface area contributed by atoms with Crippen LogP contribution >= 0.6 is 8.60 Å². The van der Waals surface area contributed by atoms with Gasteiger partial charge in [0.25, 0.3) is 0 Å². The van der Waals surface area contributed by atoms with Crippen LogP contribution in [0.15, 0.2) is 200 Å². The Balaban J connectivity index is 0.962. The fourth-order valence-electron chi connectivity index (χ4n) is 9.83. The molecule has 0 aromatic heterocycles. The Morgan fingerprint density at radius 3 is 0.770 bits per heavy atom. The van der Waals surface area contributed by atoms with E-state index in [1.165, 1.54) is 66.8 Å². The van der Waals surface area contributed by atoms with Gasteiger partial charge in [0.2, 0.25) is 0 Å². The van der Waals surface area contributed by atoms with Crippen molar-refractivity contribution in [1.29, 1.82) is 0 Å². The normalized spacial score (nSPS) is 12.5. The zero-order valence-corrected chi connectivity index (χ0v) is 34.2. The highest BCUT2D eigenvalue weighted by molar-refractivity contribution is 7.43. The van der Waals surface area contributed by atoms with E-state index in [-0.39, 0.29) is 0 Å². The Hall–Kier alpha value is -7.19. The molecule has 9 aromatic rings. The number of rotatable bonds is 9. The minimum absolute atomic E-state index is 0.708. The van der Waals surface area contributed by atoms with Crippen LogP contribution in [-0.2, 0) is 19.3 Å². The molecule has 4 heteroatoms. The molecule has 3 aliphatic rings. The van der Waals surface area contributed by atoms with E-state index in [2.05, 4.69) is 164 Å². The van der Waals surface area contributed by atoms with Gasteiger partial charge in [-0.25, -0.2) is 0 Å². The second-order valence-corrected chi connectivity index (χ2v) is 17.0. The molecule has 3 nitrogen and oxygen atoms in total. The van der Waals surface area contributed by atoms with Crippen molar-refractivity contribution in [2.24, 2.45) is 0 Å². The summed E-state index contributed by atoms with van der Waals surface area (Å²) in [6.07, 6.45) is 2.61. The lowest BCUT2D eigenvalue weighted by Gasteiger charge is -2.23. The lowest BCUT2D eigenvalue weighted by Crippen LogP contribution is -2.05. The van der Waals surface area contributed by atoms with Gasteiger partial charge >= 0.3 is 8.60 Å². The number of benzene rings is 9. The second kappa shape index (κ2) is 14.8. The van der Waals surface area contributed by atoms with Gasteiger partial charge in [-0.3, -0.25) is 0 Å². The highest BCUT2D eigenvalue weighted by Gasteiger charge is 2.30. The van der Waals surface area contributed by atoms with Gasteiger partial charge in [0.15, 0.2) is 0 Å². The van der Waals surface area contributed by atoms with Crippen LogP contribution < -0.4 is 13.6 Å². The van der Waals surface area contributed by atoms with Crippen LogP contribution in [0.2, 0.25) is 0 Å². The molecule has 9 aromatic carbocycles. The van der Waals surface area contributed by atoms with Gasteiger partial charge in [0.1, 0.15) is 17.2 Å². The van der Waals surface area contributed by atoms with Crippen LogP contribution in [0.3, 0.4) is 0 Å². The molecule has 0 aliphatic heterocycles. The van der Waals surface area contributed by atoms with Crippen molar-refractivity contribution in [2.45, 2.75) is 19.3 Å². The predicted octanol–water partition coefficient (Wildman–Crippen LogP) is 15.2. The summed E-state index contributed by atoms with van der Waals surface area (Å²) < 4.78 is 21.4. The van der Waals surface area contributed by atoms with E-state index in [9.17, 15) is 0 Å².